The number of carbonyl (C=O) groups is 2. The molecule has 34 heavy (non-hydrogen) atoms. The molecule has 4 aliphatic heterocycles. The summed E-state index contributed by atoms with van der Waals surface area (Å²) in [5.74, 6) is 0.423. The SMILES string of the molecule is O=C(N[C@@H]1CCCNC1)C1=C2NC(=O)N(c3cc(-c4ccccc4)cnn3)C3CCNC(S1)C23. The third-order valence-corrected chi connectivity index (χ3v) is 8.33. The van der Waals surface area contributed by atoms with Gasteiger partial charge in [-0.3, -0.25) is 9.69 Å². The Labute approximate surface area is 202 Å². The van der Waals surface area contributed by atoms with Gasteiger partial charge in [0.1, 0.15) is 0 Å². The standard InChI is InChI=1S/C24H27N7O2S/c32-22(28-16-7-4-9-25-13-16)21-20-19-17(8-10-26-23(19)34-21)31(24(33)29-20)18-11-15(12-27-30-18)14-5-2-1-3-6-14/h1-3,5-6,11-12,16-17,19,23,25-26H,4,7-10,13H2,(H,28,32)(H,29,33)/t16-,17?,19?,23?/m1/s1. The first-order valence-electron chi connectivity index (χ1n) is 11.8. The van der Waals surface area contributed by atoms with Gasteiger partial charge in [-0.1, -0.05) is 42.1 Å². The van der Waals surface area contributed by atoms with Crippen molar-refractivity contribution in [1.29, 1.82) is 0 Å². The molecule has 0 radical (unpaired) electrons. The molecule has 1 aromatic carbocycles. The van der Waals surface area contributed by atoms with Crippen molar-refractivity contribution in [2.75, 3.05) is 24.5 Å². The molecule has 0 aliphatic carbocycles. The third-order valence-electron chi connectivity index (χ3n) is 6.98. The number of anilines is 1. The molecular weight excluding hydrogens is 450 g/mol. The second-order valence-electron chi connectivity index (χ2n) is 9.10. The van der Waals surface area contributed by atoms with Crippen LogP contribution < -0.4 is 26.2 Å². The van der Waals surface area contributed by atoms with E-state index in [0.29, 0.717) is 10.7 Å². The molecule has 4 atom stereocenters. The van der Waals surface area contributed by atoms with E-state index in [1.54, 1.807) is 11.1 Å². The van der Waals surface area contributed by atoms with Crippen LogP contribution in [-0.4, -0.2) is 59.2 Å². The Morgan fingerprint density at radius 2 is 2.03 bits per heavy atom. The molecule has 0 saturated carbocycles. The number of amides is 3. The molecule has 3 unspecified atom stereocenters. The second-order valence-corrected chi connectivity index (χ2v) is 10.3. The molecule has 9 nitrogen and oxygen atoms in total. The number of urea groups is 1. The average Bonchev–Trinajstić information content (AvgIpc) is 3.25. The number of nitrogens with one attached hydrogen (secondary N) is 4. The van der Waals surface area contributed by atoms with Gasteiger partial charge in [0.25, 0.3) is 5.91 Å². The van der Waals surface area contributed by atoms with E-state index in [2.05, 4.69) is 31.5 Å². The lowest BCUT2D eigenvalue weighted by Crippen LogP contribution is -2.62. The number of carbonyl (C=O) groups excluding carboxylic acids is 2. The van der Waals surface area contributed by atoms with Crippen molar-refractivity contribution in [2.24, 2.45) is 5.92 Å². The highest BCUT2D eigenvalue weighted by Gasteiger charge is 2.52. The van der Waals surface area contributed by atoms with Crippen LogP contribution in [0.15, 0.2) is 53.2 Å². The molecule has 176 valence electrons. The maximum atomic E-state index is 13.4. The molecule has 0 bridgehead atoms. The van der Waals surface area contributed by atoms with E-state index in [1.165, 1.54) is 11.8 Å². The fourth-order valence-electron chi connectivity index (χ4n) is 5.38. The maximum absolute atomic E-state index is 13.4. The summed E-state index contributed by atoms with van der Waals surface area (Å²) >= 11 is 1.53. The predicted octanol–water partition coefficient (Wildman–Crippen LogP) is 1.80. The Hall–Kier alpha value is -2.95. The molecule has 4 aliphatic rings. The van der Waals surface area contributed by atoms with Gasteiger partial charge in [0.05, 0.1) is 22.5 Å². The number of benzene rings is 1. The van der Waals surface area contributed by atoms with Crippen LogP contribution in [0.2, 0.25) is 0 Å². The molecule has 3 fully saturated rings. The van der Waals surface area contributed by atoms with E-state index in [9.17, 15) is 9.59 Å². The molecule has 3 saturated heterocycles. The maximum Gasteiger partial charge on any atom is 0.327 e. The van der Waals surface area contributed by atoms with Gasteiger partial charge in [0, 0.05) is 29.8 Å². The summed E-state index contributed by atoms with van der Waals surface area (Å²) in [7, 11) is 0. The summed E-state index contributed by atoms with van der Waals surface area (Å²) in [6, 6.07) is 11.6. The van der Waals surface area contributed by atoms with Crippen molar-refractivity contribution in [1.82, 2.24) is 31.5 Å². The summed E-state index contributed by atoms with van der Waals surface area (Å²) in [4.78, 5) is 28.9. The smallest absolute Gasteiger partial charge is 0.327 e. The Kier molecular flexibility index (Phi) is 5.72. The van der Waals surface area contributed by atoms with Crippen molar-refractivity contribution in [2.45, 2.75) is 36.7 Å². The second kappa shape index (κ2) is 9.01. The van der Waals surface area contributed by atoms with Crippen molar-refractivity contribution in [3.63, 3.8) is 0 Å². The number of nitrogens with zero attached hydrogens (tertiary/aromatic N) is 3. The third kappa shape index (κ3) is 3.85. The van der Waals surface area contributed by atoms with Crippen LogP contribution in [0, 0.1) is 5.92 Å². The molecule has 10 heteroatoms. The number of thioether (sulfide) groups is 1. The number of piperidine rings is 2. The highest BCUT2D eigenvalue weighted by molar-refractivity contribution is 8.04. The van der Waals surface area contributed by atoms with Crippen LogP contribution in [0.5, 0.6) is 0 Å². The fraction of sp³-hybridized carbons (Fsp3) is 0.417. The van der Waals surface area contributed by atoms with Crippen LogP contribution in [0.4, 0.5) is 10.6 Å². The zero-order valence-electron chi connectivity index (χ0n) is 18.7. The van der Waals surface area contributed by atoms with Gasteiger partial charge in [-0.25, -0.2) is 4.79 Å². The monoisotopic (exact) mass is 477 g/mol. The van der Waals surface area contributed by atoms with E-state index in [1.807, 2.05) is 36.4 Å². The molecule has 0 spiro atoms. The van der Waals surface area contributed by atoms with Crippen LogP contribution in [-0.2, 0) is 4.79 Å². The number of aromatic nitrogens is 2. The molecule has 6 rings (SSSR count). The van der Waals surface area contributed by atoms with Crippen LogP contribution in [0.25, 0.3) is 11.1 Å². The van der Waals surface area contributed by atoms with Gasteiger partial charge in [0.15, 0.2) is 5.82 Å². The Balaban J connectivity index is 1.30. The van der Waals surface area contributed by atoms with Gasteiger partial charge >= 0.3 is 6.03 Å². The van der Waals surface area contributed by atoms with E-state index < -0.39 is 0 Å². The zero-order chi connectivity index (χ0) is 23.1. The lowest BCUT2D eigenvalue weighted by atomic mass is 9.86. The summed E-state index contributed by atoms with van der Waals surface area (Å²) in [5.41, 5.74) is 2.67. The average molecular weight is 478 g/mol. The van der Waals surface area contributed by atoms with Gasteiger partial charge in [-0.2, -0.15) is 5.10 Å². The molecule has 3 amide bonds. The molecule has 5 heterocycles. The Morgan fingerprint density at radius 3 is 2.85 bits per heavy atom. The van der Waals surface area contributed by atoms with Crippen molar-refractivity contribution < 1.29 is 9.59 Å². The predicted molar refractivity (Wildman–Crippen MR) is 131 cm³/mol. The lowest BCUT2D eigenvalue weighted by molar-refractivity contribution is -0.117. The van der Waals surface area contributed by atoms with Crippen molar-refractivity contribution in [3.8, 4) is 11.1 Å². The molecule has 4 N–H and O–H groups in total. The normalized spacial score (nSPS) is 28.4. The number of rotatable bonds is 4. The summed E-state index contributed by atoms with van der Waals surface area (Å²) < 4.78 is 0. The first-order chi connectivity index (χ1) is 16.7. The largest absolute Gasteiger partial charge is 0.348 e. The van der Waals surface area contributed by atoms with E-state index in [0.717, 1.165) is 55.7 Å². The van der Waals surface area contributed by atoms with Crippen molar-refractivity contribution in [3.05, 3.63) is 53.2 Å². The van der Waals surface area contributed by atoms with Crippen LogP contribution in [0.1, 0.15) is 19.3 Å². The van der Waals surface area contributed by atoms with Crippen molar-refractivity contribution >= 4 is 29.5 Å². The van der Waals surface area contributed by atoms with Gasteiger partial charge < -0.3 is 21.3 Å². The summed E-state index contributed by atoms with van der Waals surface area (Å²) in [5, 5.41) is 21.6. The lowest BCUT2D eigenvalue weighted by Gasteiger charge is -2.45. The minimum Gasteiger partial charge on any atom is -0.348 e. The number of hydrogen-bond acceptors (Lipinski definition) is 7. The van der Waals surface area contributed by atoms with Gasteiger partial charge in [-0.15, -0.1) is 5.10 Å². The Morgan fingerprint density at radius 1 is 1.15 bits per heavy atom. The summed E-state index contributed by atoms with van der Waals surface area (Å²) in [6.45, 7) is 2.54. The van der Waals surface area contributed by atoms with E-state index >= 15 is 0 Å². The molecule has 1 aromatic heterocycles. The van der Waals surface area contributed by atoms with Crippen LogP contribution >= 0.6 is 11.8 Å². The topological polar surface area (TPSA) is 111 Å². The van der Waals surface area contributed by atoms with Crippen LogP contribution in [0.3, 0.4) is 0 Å². The quantitative estimate of drug-likeness (QED) is 0.531. The summed E-state index contributed by atoms with van der Waals surface area (Å²) in [6.07, 6.45) is 4.51. The van der Waals surface area contributed by atoms with E-state index in [-0.39, 0.29) is 35.3 Å². The van der Waals surface area contributed by atoms with E-state index in [4.69, 9.17) is 0 Å². The molecule has 2 aromatic rings. The highest BCUT2D eigenvalue weighted by Crippen LogP contribution is 2.47. The fourth-order valence-corrected chi connectivity index (χ4v) is 6.77. The van der Waals surface area contributed by atoms with Gasteiger partial charge in [0.2, 0.25) is 0 Å². The number of hydrogen-bond donors (Lipinski definition) is 4. The first kappa shape index (κ1) is 21.6. The molecular formula is C24H27N7O2S. The first-order valence-corrected chi connectivity index (χ1v) is 12.7. The Bertz CT molecular complexity index is 1140. The minimum atomic E-state index is -0.261. The van der Waals surface area contributed by atoms with Gasteiger partial charge in [-0.05, 0) is 44.0 Å². The minimum absolute atomic E-state index is 0.0103. The highest BCUT2D eigenvalue weighted by atomic mass is 32.2. The zero-order valence-corrected chi connectivity index (χ0v) is 19.5.